The summed E-state index contributed by atoms with van der Waals surface area (Å²) in [5.74, 6) is -6.03. The average molecular weight is 204 g/mol. The first-order valence-electron chi connectivity index (χ1n) is 4.13. The van der Waals surface area contributed by atoms with Crippen molar-refractivity contribution in [1.29, 1.82) is 0 Å². The molecule has 1 N–H and O–H groups in total. The van der Waals surface area contributed by atoms with Crippen LogP contribution in [0.25, 0.3) is 0 Å². The van der Waals surface area contributed by atoms with Crippen LogP contribution >= 0.6 is 0 Å². The molecule has 0 amide bonds. The molecular weight excluding hydrogens is 194 g/mol. The lowest BCUT2D eigenvalue weighted by molar-refractivity contribution is -0.167. The average Bonchev–Trinajstić information content (AvgIpc) is 2.53. The number of carboxylic acids is 1. The number of nitrogens with zero attached hydrogens (tertiary/aromatic N) is 2. The summed E-state index contributed by atoms with van der Waals surface area (Å²) in [4.78, 5) is 10.3. The summed E-state index contributed by atoms with van der Waals surface area (Å²) < 4.78 is 27.1. The molecule has 14 heavy (non-hydrogen) atoms. The van der Waals surface area contributed by atoms with E-state index in [-0.39, 0.29) is 6.54 Å². The fourth-order valence-electron chi connectivity index (χ4n) is 1.10. The van der Waals surface area contributed by atoms with Crippen molar-refractivity contribution in [3.8, 4) is 0 Å². The fourth-order valence-corrected chi connectivity index (χ4v) is 1.10. The first-order valence-corrected chi connectivity index (χ1v) is 4.13. The lowest BCUT2D eigenvalue weighted by Gasteiger charge is -2.12. The molecule has 0 fully saturated rings. The van der Waals surface area contributed by atoms with Gasteiger partial charge in [-0.1, -0.05) is 6.92 Å². The van der Waals surface area contributed by atoms with Crippen LogP contribution in [0.1, 0.15) is 19.0 Å². The lowest BCUT2D eigenvalue weighted by atomic mass is 10.2. The second-order valence-electron chi connectivity index (χ2n) is 2.82. The minimum atomic E-state index is -3.87. The summed E-state index contributed by atoms with van der Waals surface area (Å²) in [6.45, 7) is 2.08. The van der Waals surface area contributed by atoms with Gasteiger partial charge in [0.15, 0.2) is 0 Å². The predicted octanol–water partition coefficient (Wildman–Crippen LogP) is 1.47. The summed E-state index contributed by atoms with van der Waals surface area (Å²) in [5.41, 5.74) is -0.577. The number of halogens is 2. The van der Waals surface area contributed by atoms with Crippen LogP contribution in [0.2, 0.25) is 0 Å². The van der Waals surface area contributed by atoms with Crippen molar-refractivity contribution in [3.63, 3.8) is 0 Å². The molecule has 0 aromatic carbocycles. The van der Waals surface area contributed by atoms with Gasteiger partial charge in [-0.2, -0.15) is 13.9 Å². The van der Waals surface area contributed by atoms with E-state index in [1.54, 1.807) is 6.92 Å². The minimum absolute atomic E-state index is 0.283. The van der Waals surface area contributed by atoms with Gasteiger partial charge in [-0.3, -0.25) is 4.68 Å². The Bertz CT molecular complexity index is 336. The Kier molecular flexibility index (Phi) is 2.83. The third-order valence-corrected chi connectivity index (χ3v) is 1.74. The quantitative estimate of drug-likeness (QED) is 0.807. The molecule has 0 bridgehead atoms. The third-order valence-electron chi connectivity index (χ3n) is 1.74. The number of alkyl halides is 2. The van der Waals surface area contributed by atoms with Gasteiger partial charge in [0.1, 0.15) is 5.69 Å². The number of carbonyl (C=O) groups is 1. The summed E-state index contributed by atoms with van der Waals surface area (Å²) in [5, 5.41) is 11.9. The van der Waals surface area contributed by atoms with Crippen molar-refractivity contribution >= 4 is 5.97 Å². The van der Waals surface area contributed by atoms with Crippen molar-refractivity contribution in [1.82, 2.24) is 9.78 Å². The first-order chi connectivity index (χ1) is 6.50. The van der Waals surface area contributed by atoms with Crippen molar-refractivity contribution < 1.29 is 18.7 Å². The van der Waals surface area contributed by atoms with Gasteiger partial charge in [0.2, 0.25) is 0 Å². The van der Waals surface area contributed by atoms with Gasteiger partial charge in [0.05, 0.1) is 0 Å². The number of aromatic nitrogens is 2. The second kappa shape index (κ2) is 3.73. The molecule has 78 valence electrons. The summed E-state index contributed by atoms with van der Waals surface area (Å²) in [6.07, 6.45) is 1.78. The zero-order valence-corrected chi connectivity index (χ0v) is 7.57. The molecule has 0 spiro atoms. The van der Waals surface area contributed by atoms with Gasteiger partial charge in [-0.05, 0) is 12.5 Å². The molecule has 1 aromatic rings. The van der Waals surface area contributed by atoms with Crippen LogP contribution in [0.4, 0.5) is 8.78 Å². The topological polar surface area (TPSA) is 55.1 Å². The van der Waals surface area contributed by atoms with Gasteiger partial charge in [0.25, 0.3) is 0 Å². The molecule has 0 unspecified atom stereocenters. The molecule has 0 aliphatic rings. The maximum atomic E-state index is 13.0. The van der Waals surface area contributed by atoms with Crippen molar-refractivity contribution in [2.24, 2.45) is 0 Å². The van der Waals surface area contributed by atoms with E-state index in [0.29, 0.717) is 6.42 Å². The SMILES string of the molecule is CCCn1nccc1C(F)(F)C(=O)O. The summed E-state index contributed by atoms with van der Waals surface area (Å²) in [7, 11) is 0. The van der Waals surface area contributed by atoms with Crippen LogP contribution in [-0.2, 0) is 17.3 Å². The Labute approximate surface area is 79.2 Å². The molecule has 0 saturated heterocycles. The molecule has 0 aliphatic heterocycles. The Morgan fingerprint density at radius 2 is 2.36 bits per heavy atom. The van der Waals surface area contributed by atoms with E-state index in [0.717, 1.165) is 10.7 Å². The molecule has 0 radical (unpaired) electrons. The number of hydrogen-bond acceptors (Lipinski definition) is 2. The molecule has 6 heteroatoms. The maximum absolute atomic E-state index is 13.0. The van der Waals surface area contributed by atoms with Crippen LogP contribution in [0, 0.1) is 0 Å². The van der Waals surface area contributed by atoms with E-state index in [1.807, 2.05) is 0 Å². The Morgan fingerprint density at radius 3 is 2.86 bits per heavy atom. The van der Waals surface area contributed by atoms with Crippen molar-refractivity contribution in [2.45, 2.75) is 25.8 Å². The zero-order valence-electron chi connectivity index (χ0n) is 7.57. The fraction of sp³-hybridized carbons (Fsp3) is 0.500. The van der Waals surface area contributed by atoms with Crippen molar-refractivity contribution in [3.05, 3.63) is 18.0 Å². The largest absolute Gasteiger partial charge is 0.476 e. The van der Waals surface area contributed by atoms with Crippen molar-refractivity contribution in [2.75, 3.05) is 0 Å². The number of carboxylic acid groups (broad SMARTS) is 1. The van der Waals surface area contributed by atoms with Crippen LogP contribution in [0.15, 0.2) is 12.3 Å². The zero-order chi connectivity index (χ0) is 10.8. The van der Waals surface area contributed by atoms with Gasteiger partial charge >= 0.3 is 11.9 Å². The van der Waals surface area contributed by atoms with Gasteiger partial charge in [-0.15, -0.1) is 0 Å². The molecule has 0 aliphatic carbocycles. The molecule has 0 atom stereocenters. The highest BCUT2D eigenvalue weighted by Gasteiger charge is 2.43. The normalized spacial score (nSPS) is 11.6. The minimum Gasteiger partial charge on any atom is -0.476 e. The standard InChI is InChI=1S/C8H10F2N2O2/c1-2-5-12-6(3-4-11-12)8(9,10)7(13)14/h3-4H,2,5H2,1H3,(H,13,14). The Morgan fingerprint density at radius 1 is 1.71 bits per heavy atom. The van der Waals surface area contributed by atoms with Crippen LogP contribution in [0.5, 0.6) is 0 Å². The maximum Gasteiger partial charge on any atom is 0.383 e. The highest BCUT2D eigenvalue weighted by molar-refractivity contribution is 5.76. The van der Waals surface area contributed by atoms with Gasteiger partial charge in [0, 0.05) is 12.7 Å². The highest BCUT2D eigenvalue weighted by Crippen LogP contribution is 2.27. The van der Waals surface area contributed by atoms with E-state index in [2.05, 4.69) is 5.10 Å². The number of hydrogen-bond donors (Lipinski definition) is 1. The molecular formula is C8H10F2N2O2. The van der Waals surface area contributed by atoms with Gasteiger partial charge < -0.3 is 5.11 Å². The van der Waals surface area contributed by atoms with Crippen LogP contribution in [-0.4, -0.2) is 20.9 Å². The third kappa shape index (κ3) is 1.73. The van der Waals surface area contributed by atoms with Crippen LogP contribution < -0.4 is 0 Å². The smallest absolute Gasteiger partial charge is 0.383 e. The molecule has 0 saturated carbocycles. The van der Waals surface area contributed by atoms with E-state index < -0.39 is 17.6 Å². The molecule has 1 aromatic heterocycles. The first kappa shape index (κ1) is 10.6. The Hall–Kier alpha value is -1.46. The molecule has 1 heterocycles. The Balaban J connectivity index is 3.05. The highest BCUT2D eigenvalue weighted by atomic mass is 19.3. The van der Waals surface area contributed by atoms with E-state index in [4.69, 9.17) is 5.11 Å². The van der Waals surface area contributed by atoms with Gasteiger partial charge in [-0.25, -0.2) is 4.79 Å². The van der Waals surface area contributed by atoms with Crippen LogP contribution in [0.3, 0.4) is 0 Å². The molecule has 4 nitrogen and oxygen atoms in total. The lowest BCUT2D eigenvalue weighted by Crippen LogP contribution is -2.28. The number of rotatable bonds is 4. The van der Waals surface area contributed by atoms with E-state index >= 15 is 0 Å². The van der Waals surface area contributed by atoms with E-state index in [1.165, 1.54) is 6.20 Å². The number of aryl methyl sites for hydroxylation is 1. The number of aliphatic carboxylic acids is 1. The molecule has 1 rings (SSSR count). The summed E-state index contributed by atoms with van der Waals surface area (Å²) >= 11 is 0. The monoisotopic (exact) mass is 204 g/mol. The van der Waals surface area contributed by atoms with E-state index in [9.17, 15) is 13.6 Å². The second-order valence-corrected chi connectivity index (χ2v) is 2.82. The predicted molar refractivity (Wildman–Crippen MR) is 44.0 cm³/mol. The summed E-state index contributed by atoms with van der Waals surface area (Å²) in [6, 6.07) is 1.02.